The molecule has 4 rings (SSSR count). The highest BCUT2D eigenvalue weighted by atomic mass is 19.4. The average molecular weight is 431 g/mol. The van der Waals surface area contributed by atoms with Gasteiger partial charge in [0.05, 0.1) is 18.2 Å². The fraction of sp³-hybridized carbons (Fsp3) is 0.238. The number of anilines is 1. The lowest BCUT2D eigenvalue weighted by Crippen LogP contribution is -2.31. The Balaban J connectivity index is 1.66. The number of amides is 1. The van der Waals surface area contributed by atoms with Crippen molar-refractivity contribution in [2.45, 2.75) is 18.4 Å². The molecule has 160 valence electrons. The van der Waals surface area contributed by atoms with Crippen molar-refractivity contribution < 1.29 is 22.4 Å². The van der Waals surface area contributed by atoms with Crippen LogP contribution in [0.25, 0.3) is 22.2 Å². The third-order valence-electron chi connectivity index (χ3n) is 5.08. The Kier molecular flexibility index (Phi) is 5.30. The van der Waals surface area contributed by atoms with E-state index in [0.717, 1.165) is 18.2 Å². The second kappa shape index (κ2) is 7.93. The maximum absolute atomic E-state index is 14.5. The number of fused-ring (bicyclic) bond motifs is 1. The van der Waals surface area contributed by atoms with Crippen LogP contribution in [0.4, 0.5) is 23.4 Å². The molecule has 1 saturated heterocycles. The second-order valence-corrected chi connectivity index (χ2v) is 7.09. The molecule has 1 fully saturated rings. The Morgan fingerprint density at radius 3 is 2.58 bits per heavy atom. The number of nitrogens with zero attached hydrogens (tertiary/aromatic N) is 4. The Morgan fingerprint density at radius 1 is 1.16 bits per heavy atom. The van der Waals surface area contributed by atoms with E-state index in [1.165, 1.54) is 23.2 Å². The molecule has 2 aromatic heterocycles. The van der Waals surface area contributed by atoms with E-state index in [-0.39, 0.29) is 24.8 Å². The van der Waals surface area contributed by atoms with E-state index in [4.69, 9.17) is 0 Å². The van der Waals surface area contributed by atoms with Crippen LogP contribution in [0.15, 0.2) is 55.3 Å². The van der Waals surface area contributed by atoms with Crippen LogP contribution >= 0.6 is 0 Å². The summed E-state index contributed by atoms with van der Waals surface area (Å²) >= 11 is 0. The molecule has 31 heavy (non-hydrogen) atoms. The number of alkyl halides is 4. The maximum Gasteiger partial charge on any atom is 0.416 e. The first-order chi connectivity index (χ1) is 14.8. The van der Waals surface area contributed by atoms with Crippen LogP contribution in [0.1, 0.15) is 5.56 Å². The summed E-state index contributed by atoms with van der Waals surface area (Å²) in [4.78, 5) is 17.4. The molecule has 0 bridgehead atoms. The molecule has 2 atom stereocenters. The number of benzene rings is 1. The zero-order valence-electron chi connectivity index (χ0n) is 16.1. The summed E-state index contributed by atoms with van der Waals surface area (Å²) < 4.78 is 53.0. The summed E-state index contributed by atoms with van der Waals surface area (Å²) in [6.45, 7) is 3.49. The minimum absolute atomic E-state index is 0.0598. The summed E-state index contributed by atoms with van der Waals surface area (Å²) in [5, 5.41) is 11.8. The molecule has 1 aromatic carbocycles. The smallest absolute Gasteiger partial charge is 0.360 e. The highest BCUT2D eigenvalue weighted by molar-refractivity contribution is 5.97. The van der Waals surface area contributed by atoms with E-state index in [1.807, 2.05) is 0 Å². The number of carbonyl (C=O) groups excluding carboxylic acids is 1. The number of rotatable bonds is 4. The van der Waals surface area contributed by atoms with Crippen molar-refractivity contribution in [3.63, 3.8) is 0 Å². The number of aromatic nitrogens is 3. The topological polar surface area (TPSA) is 71.0 Å². The lowest BCUT2D eigenvalue weighted by Gasteiger charge is -2.17. The molecule has 1 amide bonds. The van der Waals surface area contributed by atoms with Crippen molar-refractivity contribution in [3.05, 3.63) is 60.8 Å². The van der Waals surface area contributed by atoms with Crippen LogP contribution in [0, 0.1) is 0 Å². The molecule has 0 saturated carbocycles. The molecule has 6 nitrogen and oxygen atoms in total. The molecular weight excluding hydrogens is 414 g/mol. The molecule has 1 aliphatic rings. The van der Waals surface area contributed by atoms with E-state index in [9.17, 15) is 22.4 Å². The zero-order chi connectivity index (χ0) is 22.2. The van der Waals surface area contributed by atoms with Gasteiger partial charge in [0.1, 0.15) is 17.4 Å². The number of hydrogen-bond acceptors (Lipinski definition) is 5. The van der Waals surface area contributed by atoms with Crippen LogP contribution in [0.5, 0.6) is 0 Å². The summed E-state index contributed by atoms with van der Waals surface area (Å²) in [5.74, 6) is -0.0819. The Bertz CT molecular complexity index is 1130. The van der Waals surface area contributed by atoms with Gasteiger partial charge in [0.25, 0.3) is 0 Å². The Hall–Kier alpha value is -3.56. The van der Waals surface area contributed by atoms with Crippen molar-refractivity contribution in [2.24, 2.45) is 0 Å². The standard InChI is InChI=1S/C21H17F4N5O/c1-2-17(31)30-10-15(22)16(11-30)27-20-14-4-3-9-26-19(14)18(28-29-20)12-5-7-13(8-6-12)21(23,24)25/h2-9,15-16H,1,10-11H2,(H,27,29)/t15-,16-/m1/s1. The predicted molar refractivity (Wildman–Crippen MR) is 107 cm³/mol. The van der Waals surface area contributed by atoms with Gasteiger partial charge >= 0.3 is 6.18 Å². The maximum atomic E-state index is 14.5. The van der Waals surface area contributed by atoms with Crippen LogP contribution < -0.4 is 5.32 Å². The van der Waals surface area contributed by atoms with Gasteiger partial charge < -0.3 is 10.2 Å². The molecule has 0 unspecified atom stereocenters. The normalized spacial score (nSPS) is 18.9. The third-order valence-corrected chi connectivity index (χ3v) is 5.08. The van der Waals surface area contributed by atoms with Crippen molar-refractivity contribution in [1.82, 2.24) is 20.1 Å². The summed E-state index contributed by atoms with van der Waals surface area (Å²) in [6.07, 6.45) is -3.09. The lowest BCUT2D eigenvalue weighted by atomic mass is 10.1. The molecule has 0 radical (unpaired) electrons. The quantitative estimate of drug-likeness (QED) is 0.502. The number of carbonyl (C=O) groups is 1. The first-order valence-electron chi connectivity index (χ1n) is 9.39. The van der Waals surface area contributed by atoms with Gasteiger partial charge in [0, 0.05) is 23.7 Å². The average Bonchev–Trinajstić information content (AvgIpc) is 3.13. The van der Waals surface area contributed by atoms with Crippen LogP contribution in [-0.4, -0.2) is 51.3 Å². The minimum atomic E-state index is -4.44. The lowest BCUT2D eigenvalue weighted by molar-refractivity contribution is -0.137. The van der Waals surface area contributed by atoms with E-state index < -0.39 is 24.0 Å². The highest BCUT2D eigenvalue weighted by Gasteiger charge is 2.35. The fourth-order valence-corrected chi connectivity index (χ4v) is 3.49. The molecule has 3 heterocycles. The number of halogens is 4. The Morgan fingerprint density at radius 2 is 1.90 bits per heavy atom. The summed E-state index contributed by atoms with van der Waals surface area (Å²) in [7, 11) is 0. The predicted octanol–water partition coefficient (Wildman–Crippen LogP) is 3.86. The molecule has 0 aliphatic carbocycles. The van der Waals surface area contributed by atoms with E-state index in [0.29, 0.717) is 22.2 Å². The molecule has 1 aliphatic heterocycles. The largest absolute Gasteiger partial charge is 0.416 e. The first kappa shape index (κ1) is 20.7. The van der Waals surface area contributed by atoms with E-state index in [2.05, 4.69) is 27.1 Å². The van der Waals surface area contributed by atoms with Gasteiger partial charge in [-0.2, -0.15) is 13.2 Å². The van der Waals surface area contributed by atoms with E-state index >= 15 is 0 Å². The summed E-state index contributed by atoms with van der Waals surface area (Å²) in [5.41, 5.74) is 0.366. The number of likely N-dealkylation sites (tertiary alicyclic amines) is 1. The van der Waals surface area contributed by atoms with Gasteiger partial charge in [0.15, 0.2) is 5.82 Å². The highest BCUT2D eigenvalue weighted by Crippen LogP contribution is 2.33. The van der Waals surface area contributed by atoms with Crippen molar-refractivity contribution >= 4 is 22.6 Å². The van der Waals surface area contributed by atoms with Crippen molar-refractivity contribution in [2.75, 3.05) is 18.4 Å². The molecule has 3 aromatic rings. The van der Waals surface area contributed by atoms with Gasteiger partial charge in [-0.15, -0.1) is 10.2 Å². The monoisotopic (exact) mass is 431 g/mol. The fourth-order valence-electron chi connectivity index (χ4n) is 3.49. The van der Waals surface area contributed by atoms with Crippen LogP contribution in [0.3, 0.4) is 0 Å². The second-order valence-electron chi connectivity index (χ2n) is 7.09. The number of pyridine rings is 1. The zero-order valence-corrected chi connectivity index (χ0v) is 16.1. The van der Waals surface area contributed by atoms with Gasteiger partial charge in [-0.05, 0) is 30.3 Å². The van der Waals surface area contributed by atoms with Gasteiger partial charge in [0.2, 0.25) is 5.91 Å². The number of nitrogens with one attached hydrogen (secondary N) is 1. The van der Waals surface area contributed by atoms with E-state index in [1.54, 1.807) is 12.1 Å². The van der Waals surface area contributed by atoms with Crippen LogP contribution in [0.2, 0.25) is 0 Å². The Labute approximate surface area is 174 Å². The molecule has 1 N–H and O–H groups in total. The van der Waals surface area contributed by atoms with Gasteiger partial charge in [-0.3, -0.25) is 9.78 Å². The number of hydrogen-bond donors (Lipinski definition) is 1. The van der Waals surface area contributed by atoms with Crippen molar-refractivity contribution in [3.8, 4) is 11.3 Å². The van der Waals surface area contributed by atoms with Crippen LogP contribution in [-0.2, 0) is 11.0 Å². The molecule has 10 heteroatoms. The minimum Gasteiger partial charge on any atom is -0.360 e. The summed E-state index contributed by atoms with van der Waals surface area (Å²) in [6, 6.07) is 7.23. The van der Waals surface area contributed by atoms with Crippen molar-refractivity contribution in [1.29, 1.82) is 0 Å². The van der Waals surface area contributed by atoms with Gasteiger partial charge in [-0.1, -0.05) is 18.7 Å². The first-order valence-corrected chi connectivity index (χ1v) is 9.39. The third kappa shape index (κ3) is 4.05. The SMILES string of the molecule is C=CC(=O)N1C[C@@H](F)[C@H](Nc2nnc(-c3ccc(C(F)(F)F)cc3)c3ncccc23)C1. The molecule has 0 spiro atoms. The molecular formula is C21H17F4N5O. The van der Waals surface area contributed by atoms with Gasteiger partial charge in [-0.25, -0.2) is 4.39 Å².